The molecular weight excluding hydrogens is 271 g/mol. The molecule has 2 heterocycles. The molecule has 0 atom stereocenters. The molecule has 1 aliphatic rings. The van der Waals surface area contributed by atoms with Crippen molar-refractivity contribution in [2.24, 2.45) is 0 Å². The summed E-state index contributed by atoms with van der Waals surface area (Å²) in [5.41, 5.74) is 0.765. The van der Waals surface area contributed by atoms with Gasteiger partial charge in [0.25, 0.3) is 0 Å². The van der Waals surface area contributed by atoms with E-state index in [1.807, 2.05) is 0 Å². The molecule has 0 spiro atoms. The Kier molecular flexibility index (Phi) is 3.92. The minimum atomic E-state index is -0.264. The molecule has 110 valence electrons. The summed E-state index contributed by atoms with van der Waals surface area (Å²) < 4.78 is 12.9. The van der Waals surface area contributed by atoms with Gasteiger partial charge in [-0.3, -0.25) is 0 Å². The van der Waals surface area contributed by atoms with Gasteiger partial charge in [-0.25, -0.2) is 4.39 Å². The van der Waals surface area contributed by atoms with Gasteiger partial charge in [-0.1, -0.05) is 0 Å². The molecule has 7 heteroatoms. The quantitative estimate of drug-likeness (QED) is 0.924. The number of rotatable bonds is 3. The Bertz CT molecular complexity index is 595. The van der Waals surface area contributed by atoms with Crippen molar-refractivity contribution >= 4 is 17.5 Å². The first-order valence-electron chi connectivity index (χ1n) is 6.86. The first-order chi connectivity index (χ1) is 10.2. The Hall–Kier alpha value is -2.28. The number of piperazine rings is 1. The SMILES string of the molecule is CN1CCN(c2nncc(Nc3ccc(F)cc3)n2)CC1. The van der Waals surface area contributed by atoms with Crippen LogP contribution in [0, 0.1) is 5.82 Å². The molecule has 1 N–H and O–H groups in total. The fourth-order valence-electron chi connectivity index (χ4n) is 2.18. The summed E-state index contributed by atoms with van der Waals surface area (Å²) in [4.78, 5) is 8.85. The Morgan fingerprint density at radius 1 is 1.10 bits per heavy atom. The molecule has 0 radical (unpaired) electrons. The van der Waals surface area contributed by atoms with E-state index in [0.29, 0.717) is 11.8 Å². The molecule has 0 saturated carbocycles. The highest BCUT2D eigenvalue weighted by Gasteiger charge is 2.17. The Morgan fingerprint density at radius 3 is 2.52 bits per heavy atom. The van der Waals surface area contributed by atoms with E-state index in [1.165, 1.54) is 12.1 Å². The maximum Gasteiger partial charge on any atom is 0.247 e. The fraction of sp³-hybridized carbons (Fsp3) is 0.357. The van der Waals surface area contributed by atoms with E-state index in [2.05, 4.69) is 37.3 Å². The summed E-state index contributed by atoms with van der Waals surface area (Å²) in [5.74, 6) is 0.959. The van der Waals surface area contributed by atoms with Crippen LogP contribution in [0.15, 0.2) is 30.5 Å². The Labute approximate surface area is 122 Å². The third-order valence-electron chi connectivity index (χ3n) is 3.45. The highest BCUT2D eigenvalue weighted by molar-refractivity contribution is 5.56. The first kappa shape index (κ1) is 13.7. The van der Waals surface area contributed by atoms with Crippen LogP contribution in [-0.4, -0.2) is 53.3 Å². The molecule has 0 amide bonds. The van der Waals surface area contributed by atoms with E-state index in [-0.39, 0.29) is 5.82 Å². The third-order valence-corrected chi connectivity index (χ3v) is 3.45. The summed E-state index contributed by atoms with van der Waals surface area (Å²) in [6, 6.07) is 6.12. The zero-order valence-corrected chi connectivity index (χ0v) is 11.8. The van der Waals surface area contributed by atoms with E-state index >= 15 is 0 Å². The van der Waals surface area contributed by atoms with E-state index in [1.54, 1.807) is 18.3 Å². The van der Waals surface area contributed by atoms with Crippen LogP contribution in [0.5, 0.6) is 0 Å². The lowest BCUT2D eigenvalue weighted by atomic mass is 10.3. The summed E-state index contributed by atoms with van der Waals surface area (Å²) in [7, 11) is 2.10. The predicted octanol–water partition coefficient (Wildman–Crippen LogP) is 1.51. The second-order valence-corrected chi connectivity index (χ2v) is 5.06. The average molecular weight is 288 g/mol. The van der Waals surface area contributed by atoms with Gasteiger partial charge in [0.15, 0.2) is 5.82 Å². The van der Waals surface area contributed by atoms with Crippen molar-refractivity contribution in [2.45, 2.75) is 0 Å². The minimum Gasteiger partial charge on any atom is -0.339 e. The lowest BCUT2D eigenvalue weighted by Gasteiger charge is -2.32. The summed E-state index contributed by atoms with van der Waals surface area (Å²) in [5, 5.41) is 11.2. The number of nitrogens with zero attached hydrogens (tertiary/aromatic N) is 5. The van der Waals surface area contributed by atoms with Crippen LogP contribution in [0.4, 0.5) is 21.8 Å². The number of anilines is 3. The van der Waals surface area contributed by atoms with Gasteiger partial charge in [0.1, 0.15) is 5.82 Å². The lowest BCUT2D eigenvalue weighted by Crippen LogP contribution is -2.45. The van der Waals surface area contributed by atoms with Crippen molar-refractivity contribution < 1.29 is 4.39 Å². The summed E-state index contributed by atoms with van der Waals surface area (Å²) in [6.07, 6.45) is 1.56. The molecule has 3 rings (SSSR count). The molecule has 2 aromatic rings. The maximum absolute atomic E-state index is 12.9. The first-order valence-corrected chi connectivity index (χ1v) is 6.86. The summed E-state index contributed by atoms with van der Waals surface area (Å²) >= 11 is 0. The smallest absolute Gasteiger partial charge is 0.247 e. The van der Waals surface area contributed by atoms with Gasteiger partial charge in [-0.2, -0.15) is 10.1 Å². The monoisotopic (exact) mass is 288 g/mol. The van der Waals surface area contributed by atoms with Crippen LogP contribution in [0.25, 0.3) is 0 Å². The second-order valence-electron chi connectivity index (χ2n) is 5.06. The van der Waals surface area contributed by atoms with Crippen molar-refractivity contribution in [1.29, 1.82) is 0 Å². The lowest BCUT2D eigenvalue weighted by molar-refractivity contribution is 0.311. The Morgan fingerprint density at radius 2 is 1.81 bits per heavy atom. The number of hydrogen-bond acceptors (Lipinski definition) is 6. The van der Waals surface area contributed by atoms with Gasteiger partial charge in [0, 0.05) is 31.9 Å². The predicted molar refractivity (Wildman–Crippen MR) is 79.2 cm³/mol. The molecule has 1 fully saturated rings. The molecular formula is C14H17FN6. The van der Waals surface area contributed by atoms with Crippen LogP contribution in [0.1, 0.15) is 0 Å². The molecule has 6 nitrogen and oxygen atoms in total. The van der Waals surface area contributed by atoms with Crippen molar-refractivity contribution in [2.75, 3.05) is 43.4 Å². The zero-order chi connectivity index (χ0) is 14.7. The average Bonchev–Trinajstić information content (AvgIpc) is 2.51. The molecule has 21 heavy (non-hydrogen) atoms. The van der Waals surface area contributed by atoms with Gasteiger partial charge in [0.2, 0.25) is 5.95 Å². The van der Waals surface area contributed by atoms with Gasteiger partial charge < -0.3 is 15.1 Å². The standard InChI is InChI=1S/C14H17FN6/c1-20-6-8-21(9-7-20)14-18-13(10-16-19-14)17-12-4-2-11(15)3-5-12/h2-5,10H,6-9H2,1H3,(H,17,18,19). The number of aromatic nitrogens is 3. The topological polar surface area (TPSA) is 57.2 Å². The highest BCUT2D eigenvalue weighted by atomic mass is 19.1. The number of hydrogen-bond donors (Lipinski definition) is 1. The number of nitrogens with one attached hydrogen (secondary N) is 1. The fourth-order valence-corrected chi connectivity index (χ4v) is 2.18. The van der Waals surface area contributed by atoms with E-state index in [9.17, 15) is 4.39 Å². The number of halogens is 1. The summed E-state index contributed by atoms with van der Waals surface area (Å²) in [6.45, 7) is 3.74. The molecule has 0 unspecified atom stereocenters. The van der Waals surface area contributed by atoms with E-state index < -0.39 is 0 Å². The normalized spacial score (nSPS) is 16.0. The number of benzene rings is 1. The van der Waals surface area contributed by atoms with Gasteiger partial charge in [0.05, 0.1) is 6.20 Å². The van der Waals surface area contributed by atoms with Crippen LogP contribution >= 0.6 is 0 Å². The molecule has 1 aromatic carbocycles. The van der Waals surface area contributed by atoms with Crippen molar-refractivity contribution in [3.63, 3.8) is 0 Å². The van der Waals surface area contributed by atoms with Gasteiger partial charge in [-0.05, 0) is 31.3 Å². The molecule has 1 aromatic heterocycles. The van der Waals surface area contributed by atoms with Crippen molar-refractivity contribution in [3.8, 4) is 0 Å². The van der Waals surface area contributed by atoms with Gasteiger partial charge in [-0.15, -0.1) is 5.10 Å². The number of likely N-dealkylation sites (N-methyl/N-ethyl adjacent to an activating group) is 1. The minimum absolute atomic E-state index is 0.264. The highest BCUT2D eigenvalue weighted by Crippen LogP contribution is 2.16. The third kappa shape index (κ3) is 3.43. The van der Waals surface area contributed by atoms with E-state index in [4.69, 9.17) is 0 Å². The van der Waals surface area contributed by atoms with Gasteiger partial charge >= 0.3 is 0 Å². The van der Waals surface area contributed by atoms with Crippen LogP contribution in [0.3, 0.4) is 0 Å². The van der Waals surface area contributed by atoms with Crippen LogP contribution < -0.4 is 10.2 Å². The molecule has 0 aliphatic carbocycles. The van der Waals surface area contributed by atoms with E-state index in [0.717, 1.165) is 31.9 Å². The van der Waals surface area contributed by atoms with Crippen molar-refractivity contribution in [3.05, 3.63) is 36.3 Å². The van der Waals surface area contributed by atoms with Crippen LogP contribution in [0.2, 0.25) is 0 Å². The second kappa shape index (κ2) is 6.01. The maximum atomic E-state index is 12.9. The molecule has 1 aliphatic heterocycles. The molecule has 1 saturated heterocycles. The zero-order valence-electron chi connectivity index (χ0n) is 11.8. The van der Waals surface area contributed by atoms with Crippen molar-refractivity contribution in [1.82, 2.24) is 20.1 Å². The Balaban J connectivity index is 1.72. The molecule has 0 bridgehead atoms. The van der Waals surface area contributed by atoms with Crippen LogP contribution in [-0.2, 0) is 0 Å². The largest absolute Gasteiger partial charge is 0.339 e.